The molecule has 6 heteroatoms. The Kier molecular flexibility index (Phi) is 5.25. The van der Waals surface area contributed by atoms with Gasteiger partial charge in [0, 0.05) is 24.3 Å². The number of primary amides is 1. The molecular formula is C14H15Br2N3O+2. The molecule has 2 aromatic heterocycles. The van der Waals surface area contributed by atoms with Crippen LogP contribution in [0.1, 0.15) is 26.7 Å². The highest BCUT2D eigenvalue weighted by molar-refractivity contribution is 9.09. The van der Waals surface area contributed by atoms with Gasteiger partial charge in [0.05, 0.1) is 12.0 Å². The lowest BCUT2D eigenvalue weighted by Gasteiger charge is -2.08. The number of hydrogen-bond donors (Lipinski definition) is 1. The van der Waals surface area contributed by atoms with Gasteiger partial charge in [0.15, 0.2) is 24.8 Å². The molecule has 1 amide bonds. The Balaban J connectivity index is 2.04. The quantitative estimate of drug-likeness (QED) is 0.607. The highest BCUT2D eigenvalue weighted by Crippen LogP contribution is 2.23. The van der Waals surface area contributed by atoms with Gasteiger partial charge < -0.3 is 5.73 Å². The summed E-state index contributed by atoms with van der Waals surface area (Å²) in [7, 11) is 0. The first-order chi connectivity index (χ1) is 9.58. The van der Waals surface area contributed by atoms with Gasteiger partial charge in [0.2, 0.25) is 15.8 Å². The number of carbonyl (C=O) groups excluding carboxylic acids is 1. The van der Waals surface area contributed by atoms with Crippen molar-refractivity contribution in [1.82, 2.24) is 0 Å². The van der Waals surface area contributed by atoms with Crippen molar-refractivity contribution < 1.29 is 13.9 Å². The smallest absolute Gasteiger partial charge is 0.249 e. The molecule has 0 saturated heterocycles. The predicted octanol–water partition coefficient (Wildman–Crippen LogP) is 2.24. The van der Waals surface area contributed by atoms with Crippen LogP contribution in [0.5, 0.6) is 0 Å². The summed E-state index contributed by atoms with van der Waals surface area (Å²) in [4.78, 5) is 11.3. The maximum absolute atomic E-state index is 11.0. The molecule has 2 atom stereocenters. The van der Waals surface area contributed by atoms with E-state index in [1.807, 2.05) is 47.6 Å². The molecule has 4 nitrogen and oxygen atoms in total. The third-order valence-electron chi connectivity index (χ3n) is 2.91. The SMILES string of the molecule is NC(=O)c1cc[n+](C(Br)CC(Br)[n+]2ccccc2)cc1. The second kappa shape index (κ2) is 6.95. The summed E-state index contributed by atoms with van der Waals surface area (Å²) < 4.78 is 4.08. The van der Waals surface area contributed by atoms with Crippen LogP contribution in [0.4, 0.5) is 0 Å². The molecule has 20 heavy (non-hydrogen) atoms. The van der Waals surface area contributed by atoms with Crippen LogP contribution < -0.4 is 14.9 Å². The number of halogens is 2. The molecular weight excluding hydrogens is 386 g/mol. The van der Waals surface area contributed by atoms with Crippen LogP contribution in [0.25, 0.3) is 0 Å². The van der Waals surface area contributed by atoms with Crippen LogP contribution >= 0.6 is 31.9 Å². The number of amides is 1. The second-order valence-corrected chi connectivity index (χ2v) is 6.44. The van der Waals surface area contributed by atoms with E-state index in [0.29, 0.717) is 5.56 Å². The second-order valence-electron chi connectivity index (χ2n) is 4.33. The molecule has 0 spiro atoms. The summed E-state index contributed by atoms with van der Waals surface area (Å²) in [5.41, 5.74) is 5.73. The van der Waals surface area contributed by atoms with Gasteiger partial charge in [-0.05, 0) is 31.9 Å². The highest BCUT2D eigenvalue weighted by atomic mass is 79.9. The van der Waals surface area contributed by atoms with E-state index in [0.717, 1.165) is 6.42 Å². The molecule has 0 aliphatic heterocycles. The Morgan fingerprint density at radius 1 is 1.00 bits per heavy atom. The van der Waals surface area contributed by atoms with Crippen molar-refractivity contribution in [2.24, 2.45) is 5.73 Å². The Morgan fingerprint density at radius 3 is 2.00 bits per heavy atom. The Hall–Kier alpha value is -1.27. The van der Waals surface area contributed by atoms with E-state index in [4.69, 9.17) is 5.73 Å². The number of pyridine rings is 2. The van der Waals surface area contributed by atoms with Gasteiger partial charge in [0.1, 0.15) is 0 Å². The molecule has 0 bridgehead atoms. The van der Waals surface area contributed by atoms with Gasteiger partial charge >= 0.3 is 0 Å². The number of carbonyl (C=O) groups is 1. The molecule has 0 aromatic carbocycles. The molecule has 2 N–H and O–H groups in total. The van der Waals surface area contributed by atoms with Crippen molar-refractivity contribution in [2.75, 3.05) is 0 Å². The zero-order valence-corrected chi connectivity index (χ0v) is 13.9. The van der Waals surface area contributed by atoms with E-state index in [1.54, 1.807) is 12.1 Å². The van der Waals surface area contributed by atoms with Gasteiger partial charge in [-0.2, -0.15) is 9.13 Å². The van der Waals surface area contributed by atoms with Crippen molar-refractivity contribution >= 4 is 37.8 Å². The first-order valence-corrected chi connectivity index (χ1v) is 7.95. The number of nitrogens with two attached hydrogens (primary N) is 1. The van der Waals surface area contributed by atoms with Crippen LogP contribution in [-0.2, 0) is 0 Å². The van der Waals surface area contributed by atoms with E-state index in [2.05, 4.69) is 36.4 Å². The molecule has 0 saturated carbocycles. The average molecular weight is 401 g/mol. The molecule has 2 aromatic rings. The van der Waals surface area contributed by atoms with Gasteiger partial charge in [-0.3, -0.25) is 4.79 Å². The molecule has 2 heterocycles. The third kappa shape index (κ3) is 3.86. The zero-order valence-electron chi connectivity index (χ0n) is 10.7. The lowest BCUT2D eigenvalue weighted by Crippen LogP contribution is -2.41. The molecule has 0 aliphatic carbocycles. The van der Waals surface area contributed by atoms with Crippen molar-refractivity contribution in [1.29, 1.82) is 0 Å². The maximum atomic E-state index is 11.0. The van der Waals surface area contributed by atoms with Gasteiger partial charge in [-0.25, -0.2) is 0 Å². The molecule has 0 aliphatic rings. The van der Waals surface area contributed by atoms with Crippen molar-refractivity contribution in [3.8, 4) is 0 Å². The van der Waals surface area contributed by atoms with E-state index >= 15 is 0 Å². The topological polar surface area (TPSA) is 50.9 Å². The molecule has 0 radical (unpaired) electrons. The van der Waals surface area contributed by atoms with Gasteiger partial charge in [0.25, 0.3) is 0 Å². The minimum absolute atomic E-state index is 0.113. The summed E-state index contributed by atoms with van der Waals surface area (Å²) >= 11 is 7.32. The van der Waals surface area contributed by atoms with Crippen molar-refractivity contribution in [3.63, 3.8) is 0 Å². The minimum Gasteiger partial charge on any atom is -0.366 e. The van der Waals surface area contributed by atoms with Crippen molar-refractivity contribution in [3.05, 3.63) is 60.7 Å². The fourth-order valence-corrected chi connectivity index (χ4v) is 3.55. The fraction of sp³-hybridized carbons (Fsp3) is 0.214. The van der Waals surface area contributed by atoms with E-state index < -0.39 is 5.91 Å². The number of alkyl halides is 2. The summed E-state index contributed by atoms with van der Waals surface area (Å²) in [6.07, 6.45) is 8.55. The fourth-order valence-electron chi connectivity index (χ4n) is 1.79. The summed E-state index contributed by atoms with van der Waals surface area (Å²) in [6.45, 7) is 0. The van der Waals surface area contributed by atoms with Crippen LogP contribution in [-0.4, -0.2) is 5.91 Å². The Morgan fingerprint density at radius 2 is 1.50 bits per heavy atom. The Labute approximate surface area is 134 Å². The average Bonchev–Trinajstić information content (AvgIpc) is 2.48. The molecule has 104 valence electrons. The van der Waals surface area contributed by atoms with Gasteiger partial charge in [-0.15, -0.1) is 0 Å². The summed E-state index contributed by atoms with van der Waals surface area (Å²) in [5.74, 6) is -0.415. The summed E-state index contributed by atoms with van der Waals surface area (Å²) in [6, 6.07) is 9.41. The standard InChI is InChI=1S/C14H14Br2N3O/c15-12(18-6-2-1-3-7-18)10-13(16)19-8-4-11(5-9-19)14(17)20/h1-9,12-13H,10H2,(H-,17,20)/q+1/p+1. The largest absolute Gasteiger partial charge is 0.366 e. The summed E-state index contributed by atoms with van der Waals surface area (Å²) in [5, 5.41) is 0. The predicted molar refractivity (Wildman–Crippen MR) is 82.3 cm³/mol. The zero-order chi connectivity index (χ0) is 14.5. The number of rotatable bonds is 5. The molecule has 2 rings (SSSR count). The molecule has 0 fully saturated rings. The van der Waals surface area contributed by atoms with Crippen LogP contribution in [0.3, 0.4) is 0 Å². The number of hydrogen-bond acceptors (Lipinski definition) is 1. The maximum Gasteiger partial charge on any atom is 0.249 e. The van der Waals surface area contributed by atoms with Gasteiger partial charge in [-0.1, -0.05) is 6.07 Å². The third-order valence-corrected chi connectivity index (χ3v) is 4.60. The van der Waals surface area contributed by atoms with E-state index in [1.165, 1.54) is 0 Å². The van der Waals surface area contributed by atoms with Crippen LogP contribution in [0, 0.1) is 0 Å². The van der Waals surface area contributed by atoms with E-state index in [9.17, 15) is 4.79 Å². The van der Waals surface area contributed by atoms with Crippen LogP contribution in [0.15, 0.2) is 55.1 Å². The number of nitrogens with zero attached hydrogens (tertiary/aromatic N) is 2. The number of aromatic nitrogens is 2. The van der Waals surface area contributed by atoms with Crippen LogP contribution in [0.2, 0.25) is 0 Å². The Bertz CT molecular complexity index is 575. The monoisotopic (exact) mass is 399 g/mol. The minimum atomic E-state index is -0.415. The first-order valence-electron chi connectivity index (χ1n) is 6.12. The van der Waals surface area contributed by atoms with E-state index in [-0.39, 0.29) is 9.90 Å². The first kappa shape index (κ1) is 15.1. The molecule has 2 unspecified atom stereocenters. The normalized spacial score (nSPS) is 13.7. The van der Waals surface area contributed by atoms with Crippen molar-refractivity contribution in [2.45, 2.75) is 16.3 Å². The lowest BCUT2D eigenvalue weighted by atomic mass is 10.2. The lowest BCUT2D eigenvalue weighted by molar-refractivity contribution is -0.728. The highest BCUT2D eigenvalue weighted by Gasteiger charge is 2.24.